The normalized spacial score (nSPS) is 13.9. The molecule has 0 aliphatic carbocycles. The zero-order valence-corrected chi connectivity index (χ0v) is 20.1. The molecular formula is C26H28N6O3. The van der Waals surface area contributed by atoms with Crippen LogP contribution < -0.4 is 15.2 Å². The molecule has 2 aromatic heterocycles. The Morgan fingerprint density at radius 2 is 1.74 bits per heavy atom. The number of anilines is 1. The molecule has 180 valence electrons. The number of amides is 1. The fourth-order valence-corrected chi connectivity index (χ4v) is 4.44. The third kappa shape index (κ3) is 4.49. The lowest BCUT2D eigenvalue weighted by Crippen LogP contribution is -2.50. The van der Waals surface area contributed by atoms with Crippen molar-refractivity contribution in [1.29, 1.82) is 0 Å². The molecule has 0 radical (unpaired) electrons. The maximum atomic E-state index is 13.0. The minimum absolute atomic E-state index is 0.0954. The van der Waals surface area contributed by atoms with Crippen molar-refractivity contribution in [3.63, 3.8) is 0 Å². The Hall–Kier alpha value is -4.14. The summed E-state index contributed by atoms with van der Waals surface area (Å²) in [4.78, 5) is 30.1. The lowest BCUT2D eigenvalue weighted by Gasteiger charge is -2.37. The fraction of sp³-hybridized carbons (Fsp3) is 0.308. The van der Waals surface area contributed by atoms with E-state index in [0.29, 0.717) is 24.3 Å². The van der Waals surface area contributed by atoms with E-state index in [2.05, 4.69) is 47.1 Å². The second kappa shape index (κ2) is 9.25. The van der Waals surface area contributed by atoms with E-state index < -0.39 is 0 Å². The van der Waals surface area contributed by atoms with Crippen molar-refractivity contribution < 1.29 is 9.53 Å². The van der Waals surface area contributed by atoms with Gasteiger partial charge in [0, 0.05) is 37.4 Å². The summed E-state index contributed by atoms with van der Waals surface area (Å²) in [7, 11) is 1.61. The maximum absolute atomic E-state index is 13.0. The molecule has 1 saturated heterocycles. The van der Waals surface area contributed by atoms with Gasteiger partial charge in [0.05, 0.1) is 12.8 Å². The van der Waals surface area contributed by atoms with Crippen LogP contribution in [0.3, 0.4) is 0 Å². The minimum Gasteiger partial charge on any atom is -0.497 e. The number of carbonyl (C=O) groups is 1. The summed E-state index contributed by atoms with van der Waals surface area (Å²) in [6, 6.07) is 15.6. The first-order chi connectivity index (χ1) is 16.9. The van der Waals surface area contributed by atoms with Gasteiger partial charge < -0.3 is 14.5 Å². The number of aromatic nitrogens is 4. The first-order valence-corrected chi connectivity index (χ1v) is 11.6. The Bertz CT molecular complexity index is 1430. The molecule has 35 heavy (non-hydrogen) atoms. The molecule has 0 atom stereocenters. The van der Waals surface area contributed by atoms with Gasteiger partial charge in [0.2, 0.25) is 5.91 Å². The molecule has 0 saturated carbocycles. The third-order valence-electron chi connectivity index (χ3n) is 6.50. The lowest BCUT2D eigenvalue weighted by molar-refractivity contribution is -0.132. The Kier molecular flexibility index (Phi) is 5.98. The van der Waals surface area contributed by atoms with Crippen LogP contribution in [0.15, 0.2) is 59.7 Å². The molecule has 1 aliphatic rings. The van der Waals surface area contributed by atoms with Crippen LogP contribution in [0.5, 0.6) is 5.75 Å². The molecule has 1 fully saturated rings. The first kappa shape index (κ1) is 22.6. The summed E-state index contributed by atoms with van der Waals surface area (Å²) in [5, 5.41) is 8.65. The van der Waals surface area contributed by atoms with Gasteiger partial charge in [-0.25, -0.2) is 9.20 Å². The zero-order chi connectivity index (χ0) is 24.5. The van der Waals surface area contributed by atoms with Gasteiger partial charge in [-0.2, -0.15) is 10.2 Å². The molecule has 0 bridgehead atoms. The molecule has 0 unspecified atom stereocenters. The number of rotatable bonds is 5. The van der Waals surface area contributed by atoms with Gasteiger partial charge in [-0.15, -0.1) is 0 Å². The van der Waals surface area contributed by atoms with Gasteiger partial charge in [-0.1, -0.05) is 12.1 Å². The number of hydrogen-bond acceptors (Lipinski definition) is 6. The average Bonchev–Trinajstić information content (AvgIpc) is 3.32. The highest BCUT2D eigenvalue weighted by Gasteiger charge is 2.23. The quantitative estimate of drug-likeness (QED) is 0.444. The van der Waals surface area contributed by atoms with Crippen molar-refractivity contribution in [1.82, 2.24) is 24.3 Å². The highest BCUT2D eigenvalue weighted by Crippen LogP contribution is 2.23. The van der Waals surface area contributed by atoms with Crippen LogP contribution in [0, 0.1) is 13.8 Å². The van der Waals surface area contributed by atoms with E-state index in [9.17, 15) is 9.59 Å². The Labute approximate surface area is 203 Å². The predicted octanol–water partition coefficient (Wildman–Crippen LogP) is 2.53. The molecule has 3 heterocycles. The molecule has 9 heteroatoms. The lowest BCUT2D eigenvalue weighted by atomic mass is 10.1. The van der Waals surface area contributed by atoms with Gasteiger partial charge in [0.15, 0.2) is 0 Å². The summed E-state index contributed by atoms with van der Waals surface area (Å²) >= 11 is 0. The average molecular weight is 473 g/mol. The van der Waals surface area contributed by atoms with Crippen LogP contribution in [0.2, 0.25) is 0 Å². The van der Waals surface area contributed by atoms with E-state index in [1.807, 2.05) is 24.3 Å². The molecule has 0 N–H and O–H groups in total. The number of methoxy groups -OCH3 is 1. The monoisotopic (exact) mass is 472 g/mol. The fourth-order valence-electron chi connectivity index (χ4n) is 4.44. The van der Waals surface area contributed by atoms with Gasteiger partial charge >= 0.3 is 0 Å². The van der Waals surface area contributed by atoms with E-state index >= 15 is 0 Å². The summed E-state index contributed by atoms with van der Waals surface area (Å²) in [5.41, 5.74) is 5.21. The molecule has 0 spiro atoms. The second-order valence-electron chi connectivity index (χ2n) is 8.84. The number of fused-ring (bicyclic) bond motifs is 1. The van der Waals surface area contributed by atoms with Crippen molar-refractivity contribution in [2.75, 3.05) is 38.2 Å². The van der Waals surface area contributed by atoms with Gasteiger partial charge in [0.1, 0.15) is 24.1 Å². The standard InChI is InChI=1S/C26H28N6O3/c1-18-4-5-19(2)23(14-18)29-10-12-30(13-11-29)25(33)16-31-26(34)24-15-22(28-32(24)17-27-31)20-6-8-21(35-3)9-7-20/h4-9,14-15,17H,10-13,16H2,1-3H3. The molecule has 1 aliphatic heterocycles. The Morgan fingerprint density at radius 3 is 2.46 bits per heavy atom. The van der Waals surface area contributed by atoms with Gasteiger partial charge in [0.25, 0.3) is 5.56 Å². The number of piperazine rings is 1. The smallest absolute Gasteiger partial charge is 0.293 e. The topological polar surface area (TPSA) is 85.0 Å². The number of aryl methyl sites for hydroxylation is 2. The molecule has 2 aromatic carbocycles. The number of carbonyl (C=O) groups excluding carboxylic acids is 1. The van der Waals surface area contributed by atoms with Crippen molar-refractivity contribution >= 4 is 17.1 Å². The van der Waals surface area contributed by atoms with Crippen LogP contribution in [0.1, 0.15) is 11.1 Å². The second-order valence-corrected chi connectivity index (χ2v) is 8.84. The van der Waals surface area contributed by atoms with Crippen LogP contribution >= 0.6 is 0 Å². The number of hydrogen-bond donors (Lipinski definition) is 0. The zero-order valence-electron chi connectivity index (χ0n) is 20.1. The van der Waals surface area contributed by atoms with E-state index in [-0.39, 0.29) is 18.0 Å². The van der Waals surface area contributed by atoms with E-state index in [1.165, 1.54) is 32.3 Å². The van der Waals surface area contributed by atoms with Gasteiger partial charge in [-0.05, 0) is 61.4 Å². The highest BCUT2D eigenvalue weighted by atomic mass is 16.5. The van der Waals surface area contributed by atoms with Crippen molar-refractivity contribution in [2.45, 2.75) is 20.4 Å². The predicted molar refractivity (Wildman–Crippen MR) is 134 cm³/mol. The summed E-state index contributed by atoms with van der Waals surface area (Å²) in [6.45, 7) is 6.83. The Morgan fingerprint density at radius 1 is 1.00 bits per heavy atom. The minimum atomic E-state index is -0.345. The number of nitrogens with zero attached hydrogens (tertiary/aromatic N) is 6. The first-order valence-electron chi connectivity index (χ1n) is 11.6. The highest BCUT2D eigenvalue weighted by molar-refractivity contribution is 5.76. The summed E-state index contributed by atoms with van der Waals surface area (Å²) in [6.07, 6.45) is 1.47. The molecule has 9 nitrogen and oxygen atoms in total. The number of ether oxygens (including phenoxy) is 1. The largest absolute Gasteiger partial charge is 0.497 e. The van der Waals surface area contributed by atoms with Crippen LogP contribution in [-0.4, -0.2) is 63.5 Å². The molecule has 5 rings (SSSR count). The SMILES string of the molecule is COc1ccc(-c2cc3c(=O)n(CC(=O)N4CCN(c5cc(C)ccc5C)CC4)ncn3n2)cc1. The van der Waals surface area contributed by atoms with Crippen molar-refractivity contribution in [3.8, 4) is 17.0 Å². The van der Waals surface area contributed by atoms with E-state index in [1.54, 1.807) is 18.1 Å². The van der Waals surface area contributed by atoms with Crippen molar-refractivity contribution in [2.24, 2.45) is 0 Å². The molecule has 4 aromatic rings. The Balaban J connectivity index is 1.28. The van der Waals surface area contributed by atoms with Crippen LogP contribution in [-0.2, 0) is 11.3 Å². The summed E-state index contributed by atoms with van der Waals surface area (Å²) < 4.78 is 7.86. The van der Waals surface area contributed by atoms with E-state index in [0.717, 1.165) is 24.4 Å². The van der Waals surface area contributed by atoms with Crippen LogP contribution in [0.4, 0.5) is 5.69 Å². The van der Waals surface area contributed by atoms with Crippen LogP contribution in [0.25, 0.3) is 16.8 Å². The van der Waals surface area contributed by atoms with E-state index in [4.69, 9.17) is 4.74 Å². The van der Waals surface area contributed by atoms with Gasteiger partial charge in [-0.3, -0.25) is 9.59 Å². The van der Waals surface area contributed by atoms with Crippen molar-refractivity contribution in [3.05, 3.63) is 76.3 Å². The molecule has 1 amide bonds. The number of benzene rings is 2. The molecular weight excluding hydrogens is 444 g/mol. The maximum Gasteiger partial charge on any atom is 0.293 e. The summed E-state index contributed by atoms with van der Waals surface area (Å²) in [5.74, 6) is 0.634. The third-order valence-corrected chi connectivity index (χ3v) is 6.50.